The highest BCUT2D eigenvalue weighted by atomic mass is 16.7. The Morgan fingerprint density at radius 1 is 0.600 bits per heavy atom. The third-order valence-corrected chi connectivity index (χ3v) is 9.05. The molecule has 1 N–H and O–H groups in total. The van der Waals surface area contributed by atoms with Gasteiger partial charge in [-0.1, -0.05) is 72.8 Å². The van der Waals surface area contributed by atoms with Crippen molar-refractivity contribution < 1.29 is 66.7 Å². The average molecular weight is 815 g/mol. The minimum atomic E-state index is -1.73. The number of rotatable bonds is 12. The summed E-state index contributed by atoms with van der Waals surface area (Å²) >= 11 is 0. The molecule has 0 unspecified atom stereocenters. The molecular formula is C45H34O15. The summed E-state index contributed by atoms with van der Waals surface area (Å²) in [6.45, 7) is 0.442. The third-order valence-electron chi connectivity index (χ3n) is 9.05. The highest BCUT2D eigenvalue weighted by Crippen LogP contribution is 2.36. The Labute approximate surface area is 340 Å². The van der Waals surface area contributed by atoms with Crippen LogP contribution in [-0.4, -0.2) is 72.3 Å². The van der Waals surface area contributed by atoms with Crippen molar-refractivity contribution in [2.75, 3.05) is 6.61 Å². The van der Waals surface area contributed by atoms with E-state index in [0.29, 0.717) is 0 Å². The van der Waals surface area contributed by atoms with Crippen LogP contribution in [0.25, 0.3) is 11.0 Å². The molecule has 1 aliphatic rings. The number of carbonyl (C=O) groups excluding carboxylic acids is 5. The van der Waals surface area contributed by atoms with Crippen molar-refractivity contribution in [1.82, 2.24) is 0 Å². The molecule has 15 nitrogen and oxygen atoms in total. The van der Waals surface area contributed by atoms with E-state index in [4.69, 9.17) is 37.6 Å². The van der Waals surface area contributed by atoms with Crippen LogP contribution in [0.3, 0.4) is 0 Å². The summed E-state index contributed by atoms with van der Waals surface area (Å²) in [4.78, 5) is 78.9. The van der Waals surface area contributed by atoms with E-state index in [1.165, 1.54) is 66.7 Å². The molecule has 0 saturated carbocycles. The van der Waals surface area contributed by atoms with Gasteiger partial charge in [-0.3, -0.25) is 4.79 Å². The van der Waals surface area contributed by atoms with Crippen molar-refractivity contribution in [2.45, 2.75) is 37.6 Å². The summed E-state index contributed by atoms with van der Waals surface area (Å²) in [5.41, 5.74) is -0.903. The van der Waals surface area contributed by atoms with Crippen molar-refractivity contribution in [3.05, 3.63) is 172 Å². The summed E-state index contributed by atoms with van der Waals surface area (Å²) in [6.07, 6.45) is -8.22. The highest BCUT2D eigenvalue weighted by molar-refractivity contribution is 5.92. The van der Waals surface area contributed by atoms with E-state index in [9.17, 15) is 33.9 Å². The smallest absolute Gasteiger partial charge is 0.383 e. The topological polar surface area (TPSA) is 200 Å². The maximum absolute atomic E-state index is 13.9. The lowest BCUT2D eigenvalue weighted by Gasteiger charge is -2.44. The van der Waals surface area contributed by atoms with Crippen molar-refractivity contribution >= 4 is 40.8 Å². The number of fused-ring (bicyclic) bond motifs is 1. The third kappa shape index (κ3) is 9.33. The van der Waals surface area contributed by atoms with Gasteiger partial charge in [0.05, 0.1) is 27.6 Å². The first-order valence-electron chi connectivity index (χ1n) is 18.4. The largest absolute Gasteiger partial charge is 0.504 e. The second-order valence-electron chi connectivity index (χ2n) is 13.2. The molecule has 15 heteroatoms. The number of aromatic hydroxyl groups is 1. The molecule has 1 fully saturated rings. The summed E-state index contributed by atoms with van der Waals surface area (Å²) in [5.74, 6) is -5.83. The van der Waals surface area contributed by atoms with Crippen LogP contribution >= 0.6 is 0 Å². The molecular weight excluding hydrogens is 780 g/mol. The molecule has 5 atom stereocenters. The number of hydrogen-bond donors (Lipinski definition) is 1. The summed E-state index contributed by atoms with van der Waals surface area (Å²) in [7, 11) is 0. The summed E-state index contributed by atoms with van der Waals surface area (Å²) < 4.78 is 46.6. The number of ether oxygens (including phenoxy) is 7. The van der Waals surface area contributed by atoms with E-state index in [1.54, 1.807) is 72.8 Å². The van der Waals surface area contributed by atoms with E-state index in [-0.39, 0.29) is 39.0 Å². The Morgan fingerprint density at radius 3 is 1.57 bits per heavy atom. The zero-order valence-electron chi connectivity index (χ0n) is 31.5. The first-order chi connectivity index (χ1) is 29.0. The number of carbonyl (C=O) groups is 5. The fourth-order valence-corrected chi connectivity index (χ4v) is 6.21. The van der Waals surface area contributed by atoms with E-state index in [1.807, 2.05) is 0 Å². The molecule has 304 valence electrons. The summed E-state index contributed by atoms with van der Waals surface area (Å²) in [5, 5.41) is 10.7. The monoisotopic (exact) mass is 814 g/mol. The van der Waals surface area contributed by atoms with Gasteiger partial charge in [-0.05, 0) is 60.7 Å². The van der Waals surface area contributed by atoms with Crippen molar-refractivity contribution in [2.24, 2.45) is 0 Å². The minimum absolute atomic E-state index is 0.0388. The Bertz CT molecular complexity index is 2560. The molecule has 0 aliphatic carbocycles. The zero-order valence-corrected chi connectivity index (χ0v) is 31.5. The quantitative estimate of drug-likeness (QED) is 0.0848. The van der Waals surface area contributed by atoms with Gasteiger partial charge in [-0.25, -0.2) is 24.0 Å². The van der Waals surface area contributed by atoms with E-state index in [2.05, 4.69) is 0 Å². The van der Waals surface area contributed by atoms with Gasteiger partial charge in [0.15, 0.2) is 18.0 Å². The Balaban J connectivity index is 1.32. The van der Waals surface area contributed by atoms with Crippen LogP contribution in [0.15, 0.2) is 149 Å². The Morgan fingerprint density at radius 2 is 1.07 bits per heavy atom. The predicted molar refractivity (Wildman–Crippen MR) is 208 cm³/mol. The first kappa shape index (κ1) is 40.4. The molecule has 0 spiro atoms. The predicted octanol–water partition coefficient (Wildman–Crippen LogP) is 6.06. The standard InChI is InChI=1S/C45H34O15/c1-26(46)54-37-35(47)32-23-22-31(24-33(32)56-44(37)52)55-45-39(60-43(51)30-20-12-5-13-21-30)38(59-42(50)29-18-10-4-11-19-29)36(58-41(49)28-16-8-3-9-17-28)34(57-45)25-53-40(48)27-14-6-2-7-15-27/h2-24,34,36,38-39,45,47H,25H2,1H3/t34-,36-,38+,39-,45-/m1/s1. The lowest BCUT2D eigenvalue weighted by Crippen LogP contribution is -2.63. The molecule has 60 heavy (non-hydrogen) atoms. The summed E-state index contributed by atoms with van der Waals surface area (Å²) in [6, 6.07) is 35.4. The van der Waals surface area contributed by atoms with Gasteiger partial charge in [-0.15, -0.1) is 0 Å². The van der Waals surface area contributed by atoms with E-state index in [0.717, 1.165) is 6.92 Å². The Hall–Kier alpha value is -7.78. The molecule has 0 bridgehead atoms. The van der Waals surface area contributed by atoms with Crippen LogP contribution < -0.4 is 15.1 Å². The van der Waals surface area contributed by atoms with Crippen LogP contribution in [0.5, 0.6) is 17.2 Å². The maximum Gasteiger partial charge on any atom is 0.383 e. The van der Waals surface area contributed by atoms with Crippen LogP contribution in [0, 0.1) is 0 Å². The molecule has 7 rings (SSSR count). The van der Waals surface area contributed by atoms with Crippen molar-refractivity contribution in [3.63, 3.8) is 0 Å². The molecule has 2 heterocycles. The van der Waals surface area contributed by atoms with E-state index < -0.39 is 84.3 Å². The van der Waals surface area contributed by atoms with Crippen LogP contribution in [0.4, 0.5) is 0 Å². The second kappa shape index (κ2) is 18.2. The highest BCUT2D eigenvalue weighted by Gasteiger charge is 2.54. The fraction of sp³-hybridized carbons (Fsp3) is 0.156. The van der Waals surface area contributed by atoms with Crippen LogP contribution in [0.2, 0.25) is 0 Å². The van der Waals surface area contributed by atoms with Gasteiger partial charge in [0.25, 0.3) is 5.75 Å². The molecule has 0 radical (unpaired) electrons. The molecule has 6 aromatic rings. The van der Waals surface area contributed by atoms with Crippen molar-refractivity contribution in [1.29, 1.82) is 0 Å². The Kier molecular flexibility index (Phi) is 12.3. The molecule has 1 aliphatic heterocycles. The van der Waals surface area contributed by atoms with Crippen molar-refractivity contribution in [3.8, 4) is 17.2 Å². The molecule has 5 aromatic carbocycles. The van der Waals surface area contributed by atoms with Gasteiger partial charge in [0.1, 0.15) is 24.0 Å². The fourth-order valence-electron chi connectivity index (χ4n) is 6.21. The van der Waals surface area contributed by atoms with E-state index >= 15 is 0 Å². The normalized spacial score (nSPS) is 18.4. The van der Waals surface area contributed by atoms with Crippen LogP contribution in [-0.2, 0) is 28.5 Å². The minimum Gasteiger partial charge on any atom is -0.504 e. The number of benzene rings is 5. The molecule has 1 aromatic heterocycles. The van der Waals surface area contributed by atoms with Gasteiger partial charge < -0.3 is 42.7 Å². The molecule has 1 saturated heterocycles. The average Bonchev–Trinajstić information content (AvgIpc) is 3.27. The van der Waals surface area contributed by atoms with Gasteiger partial charge >= 0.3 is 35.5 Å². The molecule has 0 amide bonds. The lowest BCUT2D eigenvalue weighted by atomic mass is 9.97. The van der Waals surface area contributed by atoms with Gasteiger partial charge in [-0.2, -0.15) is 0 Å². The van der Waals surface area contributed by atoms with Gasteiger partial charge in [0, 0.05) is 13.0 Å². The number of esters is 5. The second-order valence-corrected chi connectivity index (χ2v) is 13.2. The van der Waals surface area contributed by atoms with Crippen LogP contribution in [0.1, 0.15) is 48.4 Å². The zero-order chi connectivity index (χ0) is 42.2. The van der Waals surface area contributed by atoms with Gasteiger partial charge in [0.2, 0.25) is 12.4 Å². The maximum atomic E-state index is 13.9. The first-order valence-corrected chi connectivity index (χ1v) is 18.4. The number of hydrogen-bond acceptors (Lipinski definition) is 15. The lowest BCUT2D eigenvalue weighted by molar-refractivity contribution is -0.275. The SMILES string of the molecule is CC(=O)Oc1c(O)c2ccc(O[C@@H]3O[C@H](COC(=O)c4ccccc4)[C@@H](OC(=O)c4ccccc4)[C@H](OC(=O)c4ccccc4)[C@H]3OC(=O)c3ccccc3)cc2oc1=O.